The van der Waals surface area contributed by atoms with Crippen LogP contribution in [0.2, 0.25) is 0 Å². The highest BCUT2D eigenvalue weighted by Gasteiger charge is 2.29. The van der Waals surface area contributed by atoms with Crippen LogP contribution in [0.4, 0.5) is 4.79 Å². The molecule has 68 heavy (non-hydrogen) atoms. The standard InChI is InChI=1S/C47H74N2O19/c50-45(38-67-39-46(51)52)48-9-11-54-13-15-56-17-19-58-21-23-60-25-27-62-29-31-64-33-35-66-36-34-65-32-30-63-28-26-61-24-22-59-20-18-57-16-14-55-12-10-49-47(53)68-37-44-42-7-3-1-5-40(42)41-6-2-4-8-43(41)44/h1-8,44H,9-39H2,(H,48,50)(H,49,53)(H,51,52). The van der Waals surface area contributed by atoms with Gasteiger partial charge >= 0.3 is 12.1 Å². The third-order valence-corrected chi connectivity index (χ3v) is 9.35. The predicted octanol–water partition coefficient (Wildman–Crippen LogP) is 1.96. The fourth-order valence-electron chi connectivity index (χ4n) is 6.16. The summed E-state index contributed by atoms with van der Waals surface area (Å²) in [6, 6.07) is 16.5. The van der Waals surface area contributed by atoms with Crippen LogP contribution >= 0.6 is 0 Å². The van der Waals surface area contributed by atoms with Crippen molar-refractivity contribution in [3.05, 3.63) is 59.7 Å². The van der Waals surface area contributed by atoms with Crippen LogP contribution in [-0.4, -0.2) is 228 Å². The summed E-state index contributed by atoms with van der Waals surface area (Å²) in [5.74, 6) is -1.50. The van der Waals surface area contributed by atoms with Gasteiger partial charge in [-0.15, -0.1) is 0 Å². The largest absolute Gasteiger partial charge is 0.480 e. The van der Waals surface area contributed by atoms with E-state index in [4.69, 9.17) is 71.4 Å². The van der Waals surface area contributed by atoms with Crippen LogP contribution in [0, 0.1) is 0 Å². The molecule has 3 rings (SSSR count). The molecule has 0 atom stereocenters. The number of carboxylic acid groups (broad SMARTS) is 1. The number of benzene rings is 2. The number of amides is 2. The van der Waals surface area contributed by atoms with Crippen molar-refractivity contribution < 1.29 is 90.5 Å². The van der Waals surface area contributed by atoms with Crippen molar-refractivity contribution >= 4 is 18.0 Å². The zero-order chi connectivity index (χ0) is 48.2. The number of hydrogen-bond donors (Lipinski definition) is 3. The Kier molecular flexibility index (Phi) is 36.1. The first kappa shape index (κ1) is 58.4. The number of ether oxygens (including phenoxy) is 15. The second kappa shape index (κ2) is 42.0. The number of aliphatic carboxylic acids is 1. The van der Waals surface area contributed by atoms with Gasteiger partial charge in [0, 0.05) is 19.0 Å². The van der Waals surface area contributed by atoms with Gasteiger partial charge in [0.05, 0.1) is 172 Å². The second-order valence-corrected chi connectivity index (χ2v) is 14.4. The monoisotopic (exact) mass is 970 g/mol. The van der Waals surface area contributed by atoms with E-state index in [9.17, 15) is 14.4 Å². The molecule has 2 aromatic rings. The number of fused-ring (bicyclic) bond motifs is 3. The van der Waals surface area contributed by atoms with E-state index in [1.165, 1.54) is 22.3 Å². The third kappa shape index (κ3) is 30.6. The lowest BCUT2D eigenvalue weighted by molar-refractivity contribution is -0.143. The van der Waals surface area contributed by atoms with E-state index in [1.807, 2.05) is 24.3 Å². The average Bonchev–Trinajstić information content (AvgIpc) is 3.66. The van der Waals surface area contributed by atoms with Crippen molar-refractivity contribution in [3.63, 3.8) is 0 Å². The number of nitrogens with one attached hydrogen (secondary N) is 2. The Labute approximate surface area is 399 Å². The summed E-state index contributed by atoms with van der Waals surface area (Å²) in [5.41, 5.74) is 4.74. The predicted molar refractivity (Wildman–Crippen MR) is 245 cm³/mol. The summed E-state index contributed by atoms with van der Waals surface area (Å²) in [6.45, 7) is 11.6. The van der Waals surface area contributed by atoms with Crippen LogP contribution in [0.15, 0.2) is 48.5 Å². The number of carbonyl (C=O) groups excluding carboxylic acids is 2. The van der Waals surface area contributed by atoms with Gasteiger partial charge in [-0.1, -0.05) is 48.5 Å². The molecule has 1 aliphatic carbocycles. The Morgan fingerprint density at radius 3 is 1.00 bits per heavy atom. The summed E-state index contributed by atoms with van der Waals surface area (Å²) in [7, 11) is 0. The molecule has 0 saturated carbocycles. The van der Waals surface area contributed by atoms with Crippen LogP contribution in [0.25, 0.3) is 11.1 Å². The van der Waals surface area contributed by atoms with E-state index in [2.05, 4.69) is 39.6 Å². The number of hydrogen-bond acceptors (Lipinski definition) is 18. The summed E-state index contributed by atoms with van der Waals surface area (Å²) in [4.78, 5) is 34.0. The first-order valence-electron chi connectivity index (χ1n) is 23.2. The molecule has 21 nitrogen and oxygen atoms in total. The molecule has 3 N–H and O–H groups in total. The summed E-state index contributed by atoms with van der Waals surface area (Å²) < 4.78 is 81.5. The fraction of sp³-hybridized carbons (Fsp3) is 0.681. The average molecular weight is 971 g/mol. The Hall–Kier alpha value is -3.91. The molecule has 0 aliphatic heterocycles. The number of carboxylic acids is 1. The van der Waals surface area contributed by atoms with Crippen LogP contribution < -0.4 is 10.6 Å². The Morgan fingerprint density at radius 2 is 0.676 bits per heavy atom. The summed E-state index contributed by atoms with van der Waals surface area (Å²) in [5, 5.41) is 13.7. The van der Waals surface area contributed by atoms with Crippen molar-refractivity contribution in [2.24, 2.45) is 0 Å². The molecule has 386 valence electrons. The van der Waals surface area contributed by atoms with E-state index >= 15 is 0 Å². The molecular weight excluding hydrogens is 897 g/mol. The van der Waals surface area contributed by atoms with Crippen molar-refractivity contribution in [1.29, 1.82) is 0 Å². The molecule has 2 amide bonds. The Morgan fingerprint density at radius 1 is 0.382 bits per heavy atom. The lowest BCUT2D eigenvalue weighted by Gasteiger charge is -2.14. The molecule has 0 heterocycles. The second-order valence-electron chi connectivity index (χ2n) is 14.4. The van der Waals surface area contributed by atoms with E-state index in [1.54, 1.807) is 0 Å². The normalized spacial score (nSPS) is 12.0. The molecule has 1 aliphatic rings. The molecule has 0 unspecified atom stereocenters. The molecule has 0 spiro atoms. The topological polar surface area (TPSA) is 234 Å². The first-order valence-corrected chi connectivity index (χ1v) is 23.2. The lowest BCUT2D eigenvalue weighted by Crippen LogP contribution is -2.31. The van der Waals surface area contributed by atoms with Crippen LogP contribution in [-0.2, 0) is 80.6 Å². The van der Waals surface area contributed by atoms with E-state index in [0.717, 1.165) is 0 Å². The Bertz CT molecular complexity index is 1510. The highest BCUT2D eigenvalue weighted by molar-refractivity contribution is 5.79. The maximum absolute atomic E-state index is 12.3. The molecule has 0 saturated heterocycles. The van der Waals surface area contributed by atoms with Gasteiger partial charge < -0.3 is 86.8 Å². The van der Waals surface area contributed by atoms with Crippen molar-refractivity contribution in [3.8, 4) is 11.1 Å². The number of carbonyl (C=O) groups is 3. The SMILES string of the molecule is O=C(O)COCC(=O)NCCOCCOCCOCCOCCOCCOCCOCCOCCOCCOCCOCCOCCOCCNC(=O)OCC1c2ccccc2-c2ccccc21. The van der Waals surface area contributed by atoms with E-state index < -0.39 is 24.6 Å². The number of alkyl carbamates (subject to hydrolysis) is 1. The molecule has 2 aromatic carbocycles. The van der Waals surface area contributed by atoms with Crippen molar-refractivity contribution in [2.75, 3.05) is 205 Å². The van der Waals surface area contributed by atoms with E-state index in [0.29, 0.717) is 185 Å². The van der Waals surface area contributed by atoms with Crippen LogP contribution in [0.5, 0.6) is 0 Å². The molecule has 0 radical (unpaired) electrons. The van der Waals surface area contributed by atoms with Gasteiger partial charge in [-0.05, 0) is 22.3 Å². The zero-order valence-corrected chi connectivity index (χ0v) is 39.4. The lowest BCUT2D eigenvalue weighted by atomic mass is 9.98. The molecule has 0 aromatic heterocycles. The van der Waals surface area contributed by atoms with Crippen molar-refractivity contribution in [2.45, 2.75) is 5.92 Å². The molecular formula is C47H74N2O19. The smallest absolute Gasteiger partial charge is 0.407 e. The van der Waals surface area contributed by atoms with Gasteiger partial charge in [0.1, 0.15) is 19.8 Å². The van der Waals surface area contributed by atoms with Gasteiger partial charge in [0.2, 0.25) is 5.91 Å². The minimum atomic E-state index is -1.13. The minimum Gasteiger partial charge on any atom is -0.480 e. The fourth-order valence-corrected chi connectivity index (χ4v) is 6.16. The molecule has 21 heteroatoms. The minimum absolute atomic E-state index is 0.0272. The van der Waals surface area contributed by atoms with Gasteiger partial charge in [0.25, 0.3) is 0 Å². The quantitative estimate of drug-likeness (QED) is 0.0805. The molecule has 0 bridgehead atoms. The van der Waals surface area contributed by atoms with Gasteiger partial charge in [-0.25, -0.2) is 9.59 Å². The van der Waals surface area contributed by atoms with Gasteiger partial charge in [0.15, 0.2) is 0 Å². The van der Waals surface area contributed by atoms with Gasteiger partial charge in [-0.3, -0.25) is 4.79 Å². The van der Waals surface area contributed by atoms with Crippen molar-refractivity contribution in [1.82, 2.24) is 10.6 Å². The maximum Gasteiger partial charge on any atom is 0.407 e. The van der Waals surface area contributed by atoms with Gasteiger partial charge in [-0.2, -0.15) is 0 Å². The highest BCUT2D eigenvalue weighted by Crippen LogP contribution is 2.44. The summed E-state index contributed by atoms with van der Waals surface area (Å²) in [6.07, 6.45) is -0.461. The maximum atomic E-state index is 12.3. The number of rotatable bonds is 48. The molecule has 0 fully saturated rings. The third-order valence-electron chi connectivity index (χ3n) is 9.35. The highest BCUT2D eigenvalue weighted by atomic mass is 16.6. The van der Waals surface area contributed by atoms with E-state index in [-0.39, 0.29) is 19.1 Å². The first-order chi connectivity index (χ1) is 33.6. The summed E-state index contributed by atoms with van der Waals surface area (Å²) >= 11 is 0. The Balaban J connectivity index is 0.899. The van der Waals surface area contributed by atoms with Crippen LogP contribution in [0.1, 0.15) is 17.0 Å². The zero-order valence-electron chi connectivity index (χ0n) is 39.4. The van der Waals surface area contributed by atoms with Crippen LogP contribution in [0.3, 0.4) is 0 Å².